The van der Waals surface area contributed by atoms with E-state index in [1.54, 1.807) is 14.0 Å². The zero-order valence-corrected chi connectivity index (χ0v) is 27.0. The van der Waals surface area contributed by atoms with Crippen LogP contribution in [0.4, 0.5) is 10.6 Å². The monoisotopic (exact) mass is 641 g/mol. The van der Waals surface area contributed by atoms with E-state index in [-0.39, 0.29) is 19.2 Å². The van der Waals surface area contributed by atoms with E-state index in [2.05, 4.69) is 47.0 Å². The number of aliphatic hydroxyl groups excluding tert-OH is 1. The first-order valence-electron chi connectivity index (χ1n) is 16.0. The molecular weight excluding hydrogens is 602 g/mol. The van der Waals surface area contributed by atoms with Crippen LogP contribution in [-0.2, 0) is 23.3 Å². The van der Waals surface area contributed by atoms with Crippen LogP contribution in [0.5, 0.6) is 5.88 Å². The first kappa shape index (κ1) is 32.4. The molecular formula is C39H39N5O4. The maximum absolute atomic E-state index is 13.2. The van der Waals surface area contributed by atoms with Gasteiger partial charge in [-0.3, -0.25) is 5.32 Å². The predicted molar refractivity (Wildman–Crippen MR) is 187 cm³/mol. The highest BCUT2D eigenvalue weighted by Gasteiger charge is 2.41. The van der Waals surface area contributed by atoms with Gasteiger partial charge in [0, 0.05) is 12.6 Å². The number of fused-ring (bicyclic) bond motifs is 1. The van der Waals surface area contributed by atoms with Crippen molar-refractivity contribution in [3.05, 3.63) is 155 Å². The Hall–Kier alpha value is -5.51. The fourth-order valence-electron chi connectivity index (χ4n) is 6.10. The van der Waals surface area contributed by atoms with Gasteiger partial charge in [-0.2, -0.15) is 0 Å². The van der Waals surface area contributed by atoms with Gasteiger partial charge < -0.3 is 19.9 Å². The van der Waals surface area contributed by atoms with Crippen molar-refractivity contribution in [3.63, 3.8) is 0 Å². The maximum Gasteiger partial charge on any atom is 0.320 e. The second-order valence-corrected chi connectivity index (χ2v) is 11.6. The van der Waals surface area contributed by atoms with Gasteiger partial charge in [0.05, 0.1) is 43.0 Å². The van der Waals surface area contributed by atoms with Gasteiger partial charge in [-0.05, 0) is 35.6 Å². The molecule has 4 aromatic carbocycles. The van der Waals surface area contributed by atoms with Crippen LogP contribution < -0.4 is 15.4 Å². The number of carbonyl (C=O) groups is 1. The topological polar surface area (TPSA) is 111 Å². The molecule has 48 heavy (non-hydrogen) atoms. The van der Waals surface area contributed by atoms with Gasteiger partial charge in [0.15, 0.2) is 0 Å². The minimum atomic E-state index is -0.951. The van der Waals surface area contributed by atoms with Crippen LogP contribution in [0.15, 0.2) is 127 Å². The number of nitrogens with one attached hydrogen (secondary N) is 2. The average Bonchev–Trinajstić information content (AvgIpc) is 3.49. The maximum atomic E-state index is 13.2. The number of aliphatic hydroxyl groups is 1. The van der Waals surface area contributed by atoms with E-state index in [9.17, 15) is 9.90 Å². The second kappa shape index (κ2) is 14.9. The second-order valence-electron chi connectivity index (χ2n) is 11.6. The smallest absolute Gasteiger partial charge is 0.320 e. The van der Waals surface area contributed by atoms with Crippen LogP contribution in [0.1, 0.15) is 34.9 Å². The molecule has 3 N–H and O–H groups in total. The minimum absolute atomic E-state index is 0.0591. The molecule has 0 fully saturated rings. The summed E-state index contributed by atoms with van der Waals surface area (Å²) in [6.45, 7) is 2.28. The van der Waals surface area contributed by atoms with Crippen molar-refractivity contribution < 1.29 is 19.4 Å². The van der Waals surface area contributed by atoms with Gasteiger partial charge in [-0.1, -0.05) is 121 Å². The summed E-state index contributed by atoms with van der Waals surface area (Å²) in [4.78, 5) is 18.0. The lowest BCUT2D eigenvalue weighted by Crippen LogP contribution is -2.38. The van der Waals surface area contributed by atoms with Crippen LogP contribution in [0.2, 0.25) is 0 Å². The molecule has 0 radical (unpaired) electrons. The molecule has 6 rings (SSSR count). The number of rotatable bonds is 13. The van der Waals surface area contributed by atoms with E-state index < -0.39 is 11.6 Å². The summed E-state index contributed by atoms with van der Waals surface area (Å²) >= 11 is 0. The largest absolute Gasteiger partial charge is 0.479 e. The van der Waals surface area contributed by atoms with Crippen molar-refractivity contribution in [2.24, 2.45) is 0 Å². The van der Waals surface area contributed by atoms with Gasteiger partial charge in [-0.15, -0.1) is 5.10 Å². The van der Waals surface area contributed by atoms with E-state index >= 15 is 0 Å². The molecule has 0 aliphatic heterocycles. The van der Waals surface area contributed by atoms with Gasteiger partial charge in [-0.25, -0.2) is 14.5 Å². The number of carbonyl (C=O) groups excluding carboxylic acids is 1. The summed E-state index contributed by atoms with van der Waals surface area (Å²) in [6.07, 6.45) is 0.0281. The van der Waals surface area contributed by atoms with Crippen molar-refractivity contribution in [2.45, 2.75) is 31.6 Å². The van der Waals surface area contributed by atoms with Crippen molar-refractivity contribution in [1.29, 1.82) is 0 Å². The first-order valence-corrected chi connectivity index (χ1v) is 16.0. The Morgan fingerprint density at radius 2 is 1.40 bits per heavy atom. The van der Waals surface area contributed by atoms with Crippen LogP contribution in [-0.4, -0.2) is 52.3 Å². The summed E-state index contributed by atoms with van der Waals surface area (Å²) in [6, 6.07) is 42.0. The molecule has 9 heteroatoms. The number of nitrogens with zero attached hydrogens (tertiary/aromatic N) is 3. The Morgan fingerprint density at radius 1 is 0.854 bits per heavy atom. The first-order chi connectivity index (χ1) is 23.5. The number of benzene rings is 4. The molecule has 0 bridgehead atoms. The fourth-order valence-corrected chi connectivity index (χ4v) is 6.10. The molecule has 6 aromatic rings. The summed E-state index contributed by atoms with van der Waals surface area (Å²) in [7, 11) is 1.58. The summed E-state index contributed by atoms with van der Waals surface area (Å²) in [5, 5.41) is 21.6. The highest BCUT2D eigenvalue weighted by Crippen LogP contribution is 2.44. The standard InChI is InChI=1S/C39H39N5O4/c1-28(45)26-48-27-33-36-34(25-35(41-33)42-38(46)40-24-23-29-15-7-3-8-16-29)44(43-37(36)47-2)39(30-17-9-4-10-18-30,31-19-11-5-12-20-31)32-21-13-6-14-22-32/h3-22,25,28,45H,23-24,26-27H2,1-2H3,(H2,40,41,42,46). The lowest BCUT2D eigenvalue weighted by molar-refractivity contribution is 0.0368. The lowest BCUT2D eigenvalue weighted by atomic mass is 9.77. The predicted octanol–water partition coefficient (Wildman–Crippen LogP) is 6.54. The highest BCUT2D eigenvalue weighted by atomic mass is 16.5. The van der Waals surface area contributed by atoms with Crippen LogP contribution in [0, 0.1) is 0 Å². The van der Waals surface area contributed by atoms with Crippen molar-refractivity contribution in [2.75, 3.05) is 25.6 Å². The molecule has 2 aromatic heterocycles. The lowest BCUT2D eigenvalue weighted by Gasteiger charge is -2.37. The number of anilines is 1. The SMILES string of the molecule is COc1nn(C(c2ccccc2)(c2ccccc2)c2ccccc2)c2cc(NC(=O)NCCc3ccccc3)nc(COCC(C)O)c12. The Bertz CT molecular complexity index is 1840. The molecule has 1 unspecified atom stereocenters. The number of urea groups is 1. The van der Waals surface area contributed by atoms with Gasteiger partial charge in [0.25, 0.3) is 0 Å². The molecule has 1 atom stereocenters. The summed E-state index contributed by atoms with van der Waals surface area (Å²) in [5.74, 6) is 0.682. The molecule has 9 nitrogen and oxygen atoms in total. The third-order valence-corrected chi connectivity index (χ3v) is 8.17. The number of pyridine rings is 1. The van der Waals surface area contributed by atoms with Crippen molar-refractivity contribution in [3.8, 4) is 5.88 Å². The van der Waals surface area contributed by atoms with E-state index in [1.807, 2.05) is 95.7 Å². The third-order valence-electron chi connectivity index (χ3n) is 8.17. The highest BCUT2D eigenvalue weighted by molar-refractivity contribution is 5.94. The molecule has 0 saturated carbocycles. The zero-order valence-electron chi connectivity index (χ0n) is 27.0. The fraction of sp³-hybridized carbons (Fsp3) is 0.205. The Labute approximate surface area is 280 Å². The van der Waals surface area contributed by atoms with E-state index in [0.29, 0.717) is 41.3 Å². The van der Waals surface area contributed by atoms with Crippen LogP contribution in [0.3, 0.4) is 0 Å². The zero-order chi connectivity index (χ0) is 33.3. The Kier molecular flexibility index (Phi) is 10.1. The van der Waals surface area contributed by atoms with Crippen molar-refractivity contribution in [1.82, 2.24) is 20.1 Å². The number of methoxy groups -OCH3 is 1. The van der Waals surface area contributed by atoms with Gasteiger partial charge in [0.1, 0.15) is 11.4 Å². The molecule has 0 spiro atoms. The van der Waals surface area contributed by atoms with E-state index in [4.69, 9.17) is 19.6 Å². The van der Waals surface area contributed by atoms with Crippen LogP contribution >= 0.6 is 0 Å². The molecule has 0 aliphatic rings. The molecule has 0 saturated heterocycles. The molecule has 244 valence electrons. The van der Waals surface area contributed by atoms with Crippen LogP contribution in [0.25, 0.3) is 10.9 Å². The Morgan fingerprint density at radius 3 is 1.92 bits per heavy atom. The average molecular weight is 642 g/mol. The normalized spacial score (nSPS) is 12.1. The molecule has 2 heterocycles. The van der Waals surface area contributed by atoms with Gasteiger partial charge in [0.2, 0.25) is 5.88 Å². The van der Waals surface area contributed by atoms with Crippen molar-refractivity contribution >= 4 is 22.8 Å². The van der Waals surface area contributed by atoms with E-state index in [0.717, 1.165) is 22.3 Å². The Balaban J connectivity index is 1.53. The van der Waals surface area contributed by atoms with E-state index in [1.165, 1.54) is 0 Å². The molecule has 2 amide bonds. The third kappa shape index (κ3) is 6.78. The molecule has 0 aliphatic carbocycles. The number of hydrogen-bond donors (Lipinski definition) is 3. The number of hydrogen-bond acceptors (Lipinski definition) is 6. The number of aromatic nitrogens is 3. The minimum Gasteiger partial charge on any atom is -0.479 e. The number of ether oxygens (including phenoxy) is 2. The summed E-state index contributed by atoms with van der Waals surface area (Å²) < 4.78 is 13.8. The number of amides is 2. The van der Waals surface area contributed by atoms with Gasteiger partial charge >= 0.3 is 6.03 Å². The summed E-state index contributed by atoms with van der Waals surface area (Å²) in [5.41, 5.74) is 4.30. The quantitative estimate of drug-likeness (QED) is 0.124.